The van der Waals surface area contributed by atoms with Gasteiger partial charge in [-0.05, 0) is 47.0 Å². The molecule has 2 heterocycles. The fourth-order valence-corrected chi connectivity index (χ4v) is 5.33. The molecule has 0 N–H and O–H groups in total. The highest BCUT2D eigenvalue weighted by Crippen LogP contribution is 2.47. The Bertz CT molecular complexity index is 1670. The summed E-state index contributed by atoms with van der Waals surface area (Å²) in [6.45, 7) is 0.948. The molecule has 7 heteroatoms. The van der Waals surface area contributed by atoms with Gasteiger partial charge in [0, 0.05) is 29.4 Å². The second-order valence-electron chi connectivity index (χ2n) is 9.20. The van der Waals surface area contributed by atoms with Gasteiger partial charge in [0.2, 0.25) is 0 Å². The van der Waals surface area contributed by atoms with Crippen LogP contribution in [-0.4, -0.2) is 26.7 Å². The molecule has 4 aromatic carbocycles. The molecule has 6 rings (SSSR count). The molecule has 0 bridgehead atoms. The summed E-state index contributed by atoms with van der Waals surface area (Å²) in [5, 5.41) is 4.05. The number of carbonyl (C=O) groups excluding carboxylic acids is 1. The molecule has 5 aromatic rings. The van der Waals surface area contributed by atoms with Crippen molar-refractivity contribution in [3.05, 3.63) is 108 Å². The minimum absolute atomic E-state index is 0. The maximum absolute atomic E-state index is 14.1. The Morgan fingerprint density at radius 1 is 0.947 bits per heavy atom. The van der Waals surface area contributed by atoms with E-state index in [0.717, 1.165) is 32.8 Å². The highest BCUT2D eigenvalue weighted by Gasteiger charge is 2.29. The molecule has 0 atom stereocenters. The smallest absolute Gasteiger partial charge is 0.258 e. The summed E-state index contributed by atoms with van der Waals surface area (Å²) in [5.41, 5.74) is 3.18. The van der Waals surface area contributed by atoms with Crippen LogP contribution in [0.25, 0.3) is 21.5 Å². The average Bonchev–Trinajstić information content (AvgIpc) is 2.94. The number of benzene rings is 4. The SMILES string of the molecule is COc1cc2c3c(cc4ccccc4c3c1OC)N(C(=O)c1cc[n+](Cc3ccccc3F)cc1)CC2.[Br-]. The quantitative estimate of drug-likeness (QED) is 0.240. The fourth-order valence-electron chi connectivity index (χ4n) is 5.33. The first kappa shape index (κ1) is 25.7. The van der Waals surface area contributed by atoms with E-state index in [2.05, 4.69) is 18.2 Å². The van der Waals surface area contributed by atoms with E-state index >= 15 is 0 Å². The predicted molar refractivity (Wildman–Crippen MR) is 142 cm³/mol. The molecule has 192 valence electrons. The van der Waals surface area contributed by atoms with Crippen molar-refractivity contribution in [3.63, 3.8) is 0 Å². The molecule has 0 saturated carbocycles. The van der Waals surface area contributed by atoms with Gasteiger partial charge in [0.25, 0.3) is 5.91 Å². The first-order chi connectivity index (χ1) is 18.1. The Hall–Kier alpha value is -3.97. The van der Waals surface area contributed by atoms with E-state index in [4.69, 9.17) is 9.47 Å². The summed E-state index contributed by atoms with van der Waals surface area (Å²) >= 11 is 0. The summed E-state index contributed by atoms with van der Waals surface area (Å²) < 4.78 is 27.4. The number of anilines is 1. The number of aromatic nitrogens is 1. The summed E-state index contributed by atoms with van der Waals surface area (Å²) in [6, 6.07) is 22.6. The predicted octanol–water partition coefficient (Wildman–Crippen LogP) is 2.69. The largest absolute Gasteiger partial charge is 1.00 e. The molecular formula is C31H26BrFN2O3. The molecule has 1 aliphatic heterocycles. The Kier molecular flexibility index (Phi) is 7.04. The van der Waals surface area contributed by atoms with Gasteiger partial charge in [-0.3, -0.25) is 4.79 Å². The van der Waals surface area contributed by atoms with E-state index < -0.39 is 0 Å². The Balaban J connectivity index is 0.00000294. The van der Waals surface area contributed by atoms with Gasteiger partial charge in [-0.25, -0.2) is 8.96 Å². The second-order valence-corrected chi connectivity index (χ2v) is 9.20. The maximum atomic E-state index is 14.1. The van der Waals surface area contributed by atoms with Gasteiger partial charge in [-0.1, -0.05) is 36.4 Å². The number of hydrogen-bond acceptors (Lipinski definition) is 3. The van der Waals surface area contributed by atoms with E-state index in [9.17, 15) is 9.18 Å². The van der Waals surface area contributed by atoms with Crippen molar-refractivity contribution in [2.24, 2.45) is 0 Å². The first-order valence-corrected chi connectivity index (χ1v) is 12.2. The number of pyridine rings is 1. The Morgan fingerprint density at radius 3 is 2.42 bits per heavy atom. The molecular weight excluding hydrogens is 547 g/mol. The van der Waals surface area contributed by atoms with Gasteiger partial charge < -0.3 is 31.4 Å². The molecule has 38 heavy (non-hydrogen) atoms. The van der Waals surface area contributed by atoms with Gasteiger partial charge >= 0.3 is 0 Å². The van der Waals surface area contributed by atoms with Crippen molar-refractivity contribution in [1.29, 1.82) is 0 Å². The lowest BCUT2D eigenvalue weighted by Crippen LogP contribution is -3.00. The Morgan fingerprint density at radius 2 is 1.68 bits per heavy atom. The Labute approximate surface area is 230 Å². The van der Waals surface area contributed by atoms with E-state index in [1.54, 1.807) is 38.5 Å². The summed E-state index contributed by atoms with van der Waals surface area (Å²) in [6.07, 6.45) is 4.34. The third kappa shape index (κ3) is 4.27. The topological polar surface area (TPSA) is 42.7 Å². The van der Waals surface area contributed by atoms with Crippen molar-refractivity contribution in [2.45, 2.75) is 13.0 Å². The maximum Gasteiger partial charge on any atom is 0.258 e. The zero-order chi connectivity index (χ0) is 25.5. The normalized spacial score (nSPS) is 12.3. The third-order valence-electron chi connectivity index (χ3n) is 7.12. The second kappa shape index (κ2) is 10.4. The van der Waals surface area contributed by atoms with Crippen molar-refractivity contribution in [2.75, 3.05) is 25.7 Å². The fraction of sp³-hybridized carbons (Fsp3) is 0.161. The van der Waals surface area contributed by atoms with Crippen LogP contribution in [0, 0.1) is 5.82 Å². The molecule has 0 radical (unpaired) electrons. The number of rotatable bonds is 5. The van der Waals surface area contributed by atoms with E-state index in [-0.39, 0.29) is 28.7 Å². The number of carbonyl (C=O) groups is 1. The van der Waals surface area contributed by atoms with Gasteiger partial charge in [0.05, 0.1) is 31.0 Å². The van der Waals surface area contributed by atoms with Crippen LogP contribution in [0.3, 0.4) is 0 Å². The van der Waals surface area contributed by atoms with Gasteiger partial charge in [-0.15, -0.1) is 0 Å². The highest BCUT2D eigenvalue weighted by atomic mass is 79.9. The number of halogens is 2. The highest BCUT2D eigenvalue weighted by molar-refractivity contribution is 6.21. The standard InChI is InChI=1S/C31H26FN2O3.BrH/c1-36-27-18-22-13-16-34(26-17-21-7-3-5-9-24(21)29(28(22)26)30(27)37-2)31(35)20-11-14-33(15-12-20)19-23-8-4-6-10-25(23)32;/h3-12,14-15,17-18H,13,16,19H2,1-2H3;1H/q+1;/p-1. The molecule has 1 aromatic heterocycles. The van der Waals surface area contributed by atoms with Crippen LogP contribution in [-0.2, 0) is 13.0 Å². The van der Waals surface area contributed by atoms with Crippen LogP contribution in [0.15, 0.2) is 85.2 Å². The molecule has 1 amide bonds. The number of ether oxygens (including phenoxy) is 2. The van der Waals surface area contributed by atoms with Crippen LogP contribution in [0.1, 0.15) is 21.5 Å². The molecule has 0 spiro atoms. The van der Waals surface area contributed by atoms with Crippen LogP contribution in [0.2, 0.25) is 0 Å². The van der Waals surface area contributed by atoms with Crippen molar-refractivity contribution in [3.8, 4) is 11.5 Å². The van der Waals surface area contributed by atoms with Crippen molar-refractivity contribution < 1.29 is 40.2 Å². The van der Waals surface area contributed by atoms with Gasteiger partial charge in [0.15, 0.2) is 30.4 Å². The van der Waals surface area contributed by atoms with Crippen LogP contribution < -0.4 is 35.9 Å². The van der Waals surface area contributed by atoms with E-state index in [0.29, 0.717) is 42.1 Å². The lowest BCUT2D eigenvalue weighted by atomic mass is 9.90. The number of methoxy groups -OCH3 is 2. The minimum atomic E-state index is -0.241. The summed E-state index contributed by atoms with van der Waals surface area (Å²) in [4.78, 5) is 15.6. The zero-order valence-electron chi connectivity index (χ0n) is 21.1. The molecule has 5 nitrogen and oxygen atoms in total. The molecule has 0 fully saturated rings. The number of amides is 1. The molecule has 0 aliphatic carbocycles. The van der Waals surface area contributed by atoms with Gasteiger partial charge in [-0.2, -0.15) is 0 Å². The molecule has 0 unspecified atom stereocenters. The number of fused-ring (bicyclic) bond motifs is 2. The summed E-state index contributed by atoms with van der Waals surface area (Å²) in [5.74, 6) is 1.04. The van der Waals surface area contributed by atoms with E-state index in [1.807, 2.05) is 46.1 Å². The van der Waals surface area contributed by atoms with Gasteiger partial charge in [0.1, 0.15) is 5.82 Å². The monoisotopic (exact) mass is 572 g/mol. The third-order valence-corrected chi connectivity index (χ3v) is 7.12. The van der Waals surface area contributed by atoms with Crippen molar-refractivity contribution in [1.82, 2.24) is 0 Å². The number of hydrogen-bond donors (Lipinski definition) is 0. The lowest BCUT2D eigenvalue weighted by Gasteiger charge is -2.31. The molecule has 1 aliphatic rings. The molecule has 0 saturated heterocycles. The minimum Gasteiger partial charge on any atom is -1.00 e. The average molecular weight is 573 g/mol. The van der Waals surface area contributed by atoms with E-state index in [1.165, 1.54) is 6.07 Å². The first-order valence-electron chi connectivity index (χ1n) is 12.2. The van der Waals surface area contributed by atoms with Crippen LogP contribution >= 0.6 is 0 Å². The van der Waals surface area contributed by atoms with Crippen LogP contribution in [0.5, 0.6) is 11.5 Å². The number of nitrogens with zero attached hydrogens (tertiary/aromatic N) is 2. The van der Waals surface area contributed by atoms with Crippen molar-refractivity contribution >= 4 is 33.1 Å². The lowest BCUT2D eigenvalue weighted by molar-refractivity contribution is -0.688. The zero-order valence-corrected chi connectivity index (χ0v) is 22.7. The van der Waals surface area contributed by atoms with Crippen LogP contribution in [0.4, 0.5) is 10.1 Å². The summed E-state index contributed by atoms with van der Waals surface area (Å²) in [7, 11) is 3.29.